The number of alkyl halides is 1. The number of para-hydroxylation sites is 2. The molecule has 1 heterocycles. The van der Waals surface area contributed by atoms with Gasteiger partial charge in [0, 0.05) is 18.5 Å². The van der Waals surface area contributed by atoms with Gasteiger partial charge in [-0.1, -0.05) is 12.1 Å². The lowest BCUT2D eigenvalue weighted by molar-refractivity contribution is 0.695. The molecule has 0 unspecified atom stereocenters. The summed E-state index contributed by atoms with van der Waals surface area (Å²) in [5, 5.41) is 0. The second-order valence-corrected chi connectivity index (χ2v) is 4.57. The van der Waals surface area contributed by atoms with Gasteiger partial charge in [-0.3, -0.25) is 4.98 Å². The normalized spacial score (nSPS) is 11.1. The van der Waals surface area contributed by atoms with Crippen molar-refractivity contribution in [2.75, 3.05) is 17.3 Å². The molecule has 0 aliphatic rings. The van der Waals surface area contributed by atoms with Crippen LogP contribution in [-0.2, 0) is 0 Å². The number of aromatic nitrogens is 2. The van der Waals surface area contributed by atoms with Gasteiger partial charge in [0.1, 0.15) is 5.82 Å². The summed E-state index contributed by atoms with van der Waals surface area (Å²) in [6.45, 7) is 5.04. The lowest BCUT2D eigenvalue weighted by atomic mass is 10.3. The van der Waals surface area contributed by atoms with Crippen LogP contribution in [0.5, 0.6) is 0 Å². The maximum Gasteiger partial charge on any atom is 0.148 e. The van der Waals surface area contributed by atoms with E-state index >= 15 is 0 Å². The van der Waals surface area contributed by atoms with Gasteiger partial charge in [0.05, 0.1) is 17.2 Å². The van der Waals surface area contributed by atoms with Gasteiger partial charge in [-0.05, 0) is 26.0 Å². The molecule has 3 nitrogen and oxygen atoms in total. The van der Waals surface area contributed by atoms with Crippen LogP contribution in [0.3, 0.4) is 0 Å². The van der Waals surface area contributed by atoms with Gasteiger partial charge in [-0.15, -0.1) is 11.6 Å². The van der Waals surface area contributed by atoms with Gasteiger partial charge >= 0.3 is 0 Å². The third kappa shape index (κ3) is 2.67. The molecular formula is C13H16ClN3. The summed E-state index contributed by atoms with van der Waals surface area (Å²) in [4.78, 5) is 11.2. The van der Waals surface area contributed by atoms with Crippen molar-refractivity contribution in [2.45, 2.75) is 19.9 Å². The van der Waals surface area contributed by atoms with Crippen LogP contribution in [0.25, 0.3) is 11.0 Å². The Balaban J connectivity index is 2.40. The third-order valence-electron chi connectivity index (χ3n) is 2.68. The van der Waals surface area contributed by atoms with Crippen LogP contribution in [0.15, 0.2) is 30.5 Å². The molecule has 0 radical (unpaired) electrons. The molecule has 0 amide bonds. The molecule has 0 aliphatic heterocycles. The van der Waals surface area contributed by atoms with Crippen molar-refractivity contribution in [2.24, 2.45) is 0 Å². The van der Waals surface area contributed by atoms with E-state index in [1.54, 1.807) is 0 Å². The van der Waals surface area contributed by atoms with Gasteiger partial charge in [0.2, 0.25) is 0 Å². The Morgan fingerprint density at radius 1 is 1.24 bits per heavy atom. The first kappa shape index (κ1) is 12.1. The van der Waals surface area contributed by atoms with E-state index in [4.69, 9.17) is 11.6 Å². The van der Waals surface area contributed by atoms with E-state index in [2.05, 4.69) is 28.7 Å². The first-order valence-electron chi connectivity index (χ1n) is 5.77. The summed E-state index contributed by atoms with van der Waals surface area (Å²) in [5.41, 5.74) is 1.84. The molecule has 0 fully saturated rings. The van der Waals surface area contributed by atoms with Crippen LogP contribution < -0.4 is 4.90 Å². The maximum atomic E-state index is 5.82. The minimum atomic E-state index is 0.365. The average molecular weight is 250 g/mol. The van der Waals surface area contributed by atoms with Crippen LogP contribution in [0, 0.1) is 0 Å². The first-order chi connectivity index (χ1) is 8.22. The van der Waals surface area contributed by atoms with E-state index in [0.717, 1.165) is 23.4 Å². The predicted octanol–water partition coefficient (Wildman–Crippen LogP) is 3.08. The molecule has 1 aromatic heterocycles. The lowest BCUT2D eigenvalue weighted by Crippen LogP contribution is -2.33. The molecule has 0 atom stereocenters. The molecule has 0 bridgehead atoms. The first-order valence-corrected chi connectivity index (χ1v) is 6.30. The Morgan fingerprint density at radius 2 is 1.94 bits per heavy atom. The smallest absolute Gasteiger partial charge is 0.148 e. The number of anilines is 1. The summed E-state index contributed by atoms with van der Waals surface area (Å²) < 4.78 is 0. The molecule has 4 heteroatoms. The SMILES string of the molecule is CC(C)N(CCCl)c1cnc2ccccc2n1. The minimum absolute atomic E-state index is 0.365. The van der Waals surface area contributed by atoms with Crippen LogP contribution in [-0.4, -0.2) is 28.4 Å². The van der Waals surface area contributed by atoms with E-state index in [1.807, 2.05) is 30.5 Å². The minimum Gasteiger partial charge on any atom is -0.352 e. The van der Waals surface area contributed by atoms with Gasteiger partial charge in [-0.2, -0.15) is 0 Å². The number of rotatable bonds is 4. The number of hydrogen-bond acceptors (Lipinski definition) is 3. The van der Waals surface area contributed by atoms with Crippen molar-refractivity contribution in [3.05, 3.63) is 30.5 Å². The number of nitrogens with zero attached hydrogens (tertiary/aromatic N) is 3. The summed E-state index contributed by atoms with van der Waals surface area (Å²) >= 11 is 5.82. The molecule has 0 saturated carbocycles. The topological polar surface area (TPSA) is 29.0 Å². The quantitative estimate of drug-likeness (QED) is 0.780. The van der Waals surface area contributed by atoms with Crippen LogP contribution in [0.4, 0.5) is 5.82 Å². The van der Waals surface area contributed by atoms with E-state index in [1.165, 1.54) is 0 Å². The largest absolute Gasteiger partial charge is 0.352 e. The van der Waals surface area contributed by atoms with E-state index in [-0.39, 0.29) is 0 Å². The summed E-state index contributed by atoms with van der Waals surface area (Å²) in [6, 6.07) is 8.25. The Bertz CT molecular complexity index is 499. The van der Waals surface area contributed by atoms with Crippen molar-refractivity contribution < 1.29 is 0 Å². The molecule has 1 aromatic carbocycles. The highest BCUT2D eigenvalue weighted by atomic mass is 35.5. The zero-order valence-electron chi connectivity index (χ0n) is 10.1. The Kier molecular flexibility index (Phi) is 3.79. The monoisotopic (exact) mass is 249 g/mol. The zero-order chi connectivity index (χ0) is 12.3. The molecule has 0 spiro atoms. The van der Waals surface area contributed by atoms with Gasteiger partial charge in [0.25, 0.3) is 0 Å². The highest BCUT2D eigenvalue weighted by Gasteiger charge is 2.12. The van der Waals surface area contributed by atoms with Crippen molar-refractivity contribution in [1.29, 1.82) is 0 Å². The Hall–Kier alpha value is -1.35. The molecule has 0 saturated heterocycles. The third-order valence-corrected chi connectivity index (χ3v) is 2.85. The fraction of sp³-hybridized carbons (Fsp3) is 0.385. The standard InChI is InChI=1S/C13H16ClN3/c1-10(2)17(8-7-14)13-9-15-11-5-3-4-6-12(11)16-13/h3-6,9-10H,7-8H2,1-2H3. The average Bonchev–Trinajstić information content (AvgIpc) is 2.35. The highest BCUT2D eigenvalue weighted by Crippen LogP contribution is 2.17. The lowest BCUT2D eigenvalue weighted by Gasteiger charge is -2.26. The van der Waals surface area contributed by atoms with Gasteiger partial charge in [0.15, 0.2) is 0 Å². The molecule has 17 heavy (non-hydrogen) atoms. The molecule has 2 aromatic rings. The molecule has 0 aliphatic carbocycles. The van der Waals surface area contributed by atoms with Crippen LogP contribution in [0.2, 0.25) is 0 Å². The zero-order valence-corrected chi connectivity index (χ0v) is 10.9. The molecular weight excluding hydrogens is 234 g/mol. The van der Waals surface area contributed by atoms with Gasteiger partial charge in [-0.25, -0.2) is 4.98 Å². The maximum absolute atomic E-state index is 5.82. The van der Waals surface area contributed by atoms with E-state index in [9.17, 15) is 0 Å². The number of halogens is 1. The predicted molar refractivity (Wildman–Crippen MR) is 72.7 cm³/mol. The van der Waals surface area contributed by atoms with E-state index in [0.29, 0.717) is 11.9 Å². The number of fused-ring (bicyclic) bond motifs is 1. The number of benzene rings is 1. The Labute approximate surface area is 106 Å². The van der Waals surface area contributed by atoms with Crippen molar-refractivity contribution in [3.63, 3.8) is 0 Å². The number of hydrogen-bond donors (Lipinski definition) is 0. The summed E-state index contributed by atoms with van der Waals surface area (Å²) in [6.07, 6.45) is 1.81. The summed E-state index contributed by atoms with van der Waals surface area (Å²) in [7, 11) is 0. The fourth-order valence-corrected chi connectivity index (χ4v) is 2.00. The van der Waals surface area contributed by atoms with Crippen molar-refractivity contribution in [3.8, 4) is 0 Å². The van der Waals surface area contributed by atoms with Crippen molar-refractivity contribution >= 4 is 28.5 Å². The van der Waals surface area contributed by atoms with Crippen LogP contribution >= 0.6 is 11.6 Å². The second kappa shape index (κ2) is 5.32. The van der Waals surface area contributed by atoms with Crippen molar-refractivity contribution in [1.82, 2.24) is 9.97 Å². The fourth-order valence-electron chi connectivity index (χ4n) is 1.81. The Morgan fingerprint density at radius 3 is 2.59 bits per heavy atom. The molecule has 90 valence electrons. The highest BCUT2D eigenvalue weighted by molar-refractivity contribution is 6.18. The second-order valence-electron chi connectivity index (χ2n) is 4.19. The van der Waals surface area contributed by atoms with Gasteiger partial charge < -0.3 is 4.90 Å². The summed E-state index contributed by atoms with van der Waals surface area (Å²) in [5.74, 6) is 1.48. The van der Waals surface area contributed by atoms with Crippen LogP contribution in [0.1, 0.15) is 13.8 Å². The molecule has 2 rings (SSSR count). The van der Waals surface area contributed by atoms with E-state index < -0.39 is 0 Å². The molecule has 0 N–H and O–H groups in total.